The molecule has 5 rings (SSSR count). The Morgan fingerprint density at radius 2 is 1.19 bits per heavy atom. The highest BCUT2D eigenvalue weighted by Crippen LogP contribution is 2.36. The van der Waals surface area contributed by atoms with Crippen LogP contribution >= 0.6 is 0 Å². The van der Waals surface area contributed by atoms with Crippen molar-refractivity contribution in [3.8, 4) is 45.1 Å². The maximum atomic E-state index is 15.0. The maximum absolute atomic E-state index is 15.0. The summed E-state index contributed by atoms with van der Waals surface area (Å²) in [7, 11) is 0. The smallest absolute Gasteiger partial charge is 0.429 e. The van der Waals surface area contributed by atoms with E-state index in [0.29, 0.717) is 29.1 Å². The zero-order chi connectivity index (χ0) is 33.8. The molecule has 0 radical (unpaired) electrons. The van der Waals surface area contributed by atoms with Gasteiger partial charge in [0.25, 0.3) is 0 Å². The lowest BCUT2D eigenvalue weighted by atomic mass is 9.99. The van der Waals surface area contributed by atoms with Gasteiger partial charge in [-0.15, -0.1) is 13.2 Å². The van der Waals surface area contributed by atoms with Gasteiger partial charge in [0.1, 0.15) is 11.6 Å². The summed E-state index contributed by atoms with van der Waals surface area (Å²) in [4.78, 5) is 8.69. The Hall–Kier alpha value is -5.00. The van der Waals surface area contributed by atoms with Gasteiger partial charge in [-0.2, -0.15) is 8.78 Å². The summed E-state index contributed by atoms with van der Waals surface area (Å²) in [6.45, 7) is 2.12. The van der Waals surface area contributed by atoms with Gasteiger partial charge in [-0.1, -0.05) is 56.2 Å². The van der Waals surface area contributed by atoms with Crippen LogP contribution in [0.4, 0.5) is 35.1 Å². The molecule has 0 unspecified atom stereocenters. The lowest BCUT2D eigenvalue weighted by Gasteiger charge is -2.19. The topological polar surface area (TPSA) is 44.2 Å². The number of hydrogen-bond acceptors (Lipinski definition) is 4. The van der Waals surface area contributed by atoms with Crippen LogP contribution in [-0.4, -0.2) is 16.3 Å². The third-order valence-corrected chi connectivity index (χ3v) is 7.18. The minimum atomic E-state index is -5.32. The molecular formula is C35H26F8N2O2. The van der Waals surface area contributed by atoms with Crippen molar-refractivity contribution in [2.75, 3.05) is 0 Å². The first-order chi connectivity index (χ1) is 22.3. The summed E-state index contributed by atoms with van der Waals surface area (Å²) in [5.74, 6) is -5.69. The van der Waals surface area contributed by atoms with E-state index < -0.39 is 41.2 Å². The molecule has 0 amide bonds. The summed E-state index contributed by atoms with van der Waals surface area (Å²) >= 11 is 0. The summed E-state index contributed by atoms with van der Waals surface area (Å²) in [5.41, 5.74) is 1.21. The van der Waals surface area contributed by atoms with Gasteiger partial charge in [-0.25, -0.2) is 23.1 Å². The van der Waals surface area contributed by atoms with E-state index in [1.54, 1.807) is 12.4 Å². The summed E-state index contributed by atoms with van der Waals surface area (Å²) in [6, 6.07) is 15.4. The van der Waals surface area contributed by atoms with Crippen molar-refractivity contribution >= 4 is 0 Å². The zero-order valence-electron chi connectivity index (χ0n) is 24.7. The molecule has 0 aliphatic rings. The van der Waals surface area contributed by atoms with Crippen LogP contribution in [0.15, 0.2) is 91.3 Å². The Morgan fingerprint density at radius 1 is 0.617 bits per heavy atom. The predicted molar refractivity (Wildman–Crippen MR) is 159 cm³/mol. The first-order valence-electron chi connectivity index (χ1n) is 14.5. The third-order valence-electron chi connectivity index (χ3n) is 7.18. The molecule has 12 heteroatoms. The Bertz CT molecular complexity index is 1800. The lowest BCUT2D eigenvalue weighted by molar-refractivity contribution is -0.276. The Balaban J connectivity index is 1.25. The van der Waals surface area contributed by atoms with Crippen LogP contribution < -0.4 is 9.47 Å². The van der Waals surface area contributed by atoms with Crippen molar-refractivity contribution < 1.29 is 44.6 Å². The molecule has 0 fully saturated rings. The number of rotatable bonds is 11. The van der Waals surface area contributed by atoms with Gasteiger partial charge in [-0.3, -0.25) is 0 Å². The second-order valence-corrected chi connectivity index (χ2v) is 10.6. The maximum Gasteiger partial charge on any atom is 0.573 e. The number of unbranched alkanes of at least 4 members (excludes halogenated alkanes) is 2. The predicted octanol–water partition coefficient (Wildman–Crippen LogP) is 10.7. The average Bonchev–Trinajstić information content (AvgIpc) is 3.03. The summed E-state index contributed by atoms with van der Waals surface area (Å²) < 4.78 is 119. The Kier molecular flexibility index (Phi) is 9.78. The zero-order valence-corrected chi connectivity index (χ0v) is 24.7. The standard InChI is InChI=1S/C35H26F8N2O2/c1-2-3-4-5-21-19-44-33(45-20-21)23-6-11-26(12-7-23)34(39,40)46-27-13-8-22(9-14-27)24-10-15-28(29(36)16-24)25-17-30(37)32(31(38)18-25)47-35(41,42)43/h6-20H,2-5H2,1H3. The van der Waals surface area contributed by atoms with Gasteiger partial charge in [-0.05, 0) is 77.6 Å². The third kappa shape index (κ3) is 8.24. The van der Waals surface area contributed by atoms with Crippen LogP contribution in [0.25, 0.3) is 33.6 Å². The summed E-state index contributed by atoms with van der Waals surface area (Å²) in [6.07, 6.45) is -1.42. The number of hydrogen-bond donors (Lipinski definition) is 0. The van der Waals surface area contributed by atoms with Crippen LogP contribution in [-0.2, 0) is 12.5 Å². The lowest BCUT2D eigenvalue weighted by Crippen LogP contribution is -2.21. The molecule has 4 nitrogen and oxygen atoms in total. The van der Waals surface area contributed by atoms with E-state index in [1.165, 1.54) is 60.7 Å². The van der Waals surface area contributed by atoms with Crippen LogP contribution in [0.3, 0.4) is 0 Å². The number of aromatic nitrogens is 2. The van der Waals surface area contributed by atoms with Crippen molar-refractivity contribution in [2.24, 2.45) is 0 Å². The molecule has 4 aromatic carbocycles. The molecule has 1 heterocycles. The van der Waals surface area contributed by atoms with Crippen molar-refractivity contribution in [3.63, 3.8) is 0 Å². The van der Waals surface area contributed by atoms with E-state index in [2.05, 4.69) is 21.6 Å². The fraction of sp³-hybridized carbons (Fsp3) is 0.200. The molecule has 1 aromatic heterocycles. The molecule has 0 N–H and O–H groups in total. The van der Waals surface area contributed by atoms with E-state index in [-0.39, 0.29) is 22.4 Å². The van der Waals surface area contributed by atoms with E-state index in [0.717, 1.165) is 37.3 Å². The molecule has 0 saturated carbocycles. The second-order valence-electron chi connectivity index (χ2n) is 10.6. The fourth-order valence-corrected chi connectivity index (χ4v) is 4.81. The highest BCUT2D eigenvalue weighted by atomic mass is 19.4. The number of halogens is 8. The number of alkyl halides is 5. The second kappa shape index (κ2) is 13.8. The SMILES string of the molecule is CCCCCc1cnc(-c2ccc(C(F)(F)Oc3ccc(-c4ccc(-c5cc(F)c(OC(F)(F)F)c(F)c5)c(F)c4)cc3)cc2)nc1. The molecule has 0 saturated heterocycles. The molecular weight excluding hydrogens is 632 g/mol. The van der Waals surface area contributed by atoms with E-state index in [9.17, 15) is 26.3 Å². The van der Waals surface area contributed by atoms with Crippen molar-refractivity contribution in [1.82, 2.24) is 9.97 Å². The van der Waals surface area contributed by atoms with E-state index >= 15 is 8.78 Å². The molecule has 0 aliphatic heterocycles. The molecule has 0 bridgehead atoms. The van der Waals surface area contributed by atoms with Crippen molar-refractivity contribution in [2.45, 2.75) is 45.1 Å². The molecule has 5 aromatic rings. The van der Waals surface area contributed by atoms with Crippen molar-refractivity contribution in [1.29, 1.82) is 0 Å². The first-order valence-corrected chi connectivity index (χ1v) is 14.5. The minimum Gasteiger partial charge on any atom is -0.429 e. The molecule has 0 aliphatic carbocycles. The Morgan fingerprint density at radius 3 is 1.77 bits per heavy atom. The highest BCUT2D eigenvalue weighted by molar-refractivity contribution is 5.72. The van der Waals surface area contributed by atoms with Gasteiger partial charge in [0.2, 0.25) is 5.75 Å². The van der Waals surface area contributed by atoms with Gasteiger partial charge in [0.05, 0.1) is 5.56 Å². The molecule has 47 heavy (non-hydrogen) atoms. The van der Waals surface area contributed by atoms with Crippen LogP contribution in [0, 0.1) is 17.5 Å². The minimum absolute atomic E-state index is 0.172. The van der Waals surface area contributed by atoms with Gasteiger partial charge in [0.15, 0.2) is 17.5 Å². The first kappa shape index (κ1) is 33.4. The summed E-state index contributed by atoms with van der Waals surface area (Å²) in [5, 5.41) is 0. The Labute approximate surface area is 264 Å². The normalized spacial score (nSPS) is 11.9. The van der Waals surface area contributed by atoms with E-state index in [4.69, 9.17) is 4.74 Å². The largest absolute Gasteiger partial charge is 0.573 e. The number of nitrogens with zero attached hydrogens (tertiary/aromatic N) is 2. The number of aryl methyl sites for hydroxylation is 1. The van der Waals surface area contributed by atoms with Gasteiger partial charge < -0.3 is 9.47 Å². The van der Waals surface area contributed by atoms with Crippen LogP contribution in [0.2, 0.25) is 0 Å². The molecule has 244 valence electrons. The van der Waals surface area contributed by atoms with Gasteiger partial charge in [0, 0.05) is 23.5 Å². The highest BCUT2D eigenvalue weighted by Gasteiger charge is 2.35. The molecule has 0 atom stereocenters. The molecule has 0 spiro atoms. The van der Waals surface area contributed by atoms with E-state index in [1.807, 2.05) is 0 Å². The average molecular weight is 659 g/mol. The monoisotopic (exact) mass is 658 g/mol. The fourth-order valence-electron chi connectivity index (χ4n) is 4.81. The number of ether oxygens (including phenoxy) is 2. The van der Waals surface area contributed by atoms with Crippen molar-refractivity contribution in [3.05, 3.63) is 120 Å². The van der Waals surface area contributed by atoms with Crippen LogP contribution in [0.1, 0.15) is 37.3 Å². The number of benzene rings is 4. The van der Waals surface area contributed by atoms with Gasteiger partial charge >= 0.3 is 12.5 Å². The quantitative estimate of drug-likeness (QED) is 0.105. The van der Waals surface area contributed by atoms with Crippen LogP contribution in [0.5, 0.6) is 11.5 Å².